The summed E-state index contributed by atoms with van der Waals surface area (Å²) >= 11 is 0. The molecule has 14 aromatic rings. The van der Waals surface area contributed by atoms with Gasteiger partial charge in [-0.2, -0.15) is 4.98 Å². The van der Waals surface area contributed by atoms with E-state index in [0.29, 0.717) is 11.5 Å². The van der Waals surface area contributed by atoms with Gasteiger partial charge in [-0.15, -0.1) is 0 Å². The molecule has 0 bridgehead atoms. The Kier molecular flexibility index (Phi) is 7.30. The van der Waals surface area contributed by atoms with Crippen LogP contribution in [0.3, 0.4) is 0 Å². The lowest BCUT2D eigenvalue weighted by molar-refractivity contribution is 0.653. The molecule has 5 aromatic heterocycles. The normalized spacial score (nSPS) is 12.1. The average molecular weight is 820 g/mol. The molecule has 298 valence electrons. The van der Waals surface area contributed by atoms with Crippen LogP contribution >= 0.6 is 0 Å². The van der Waals surface area contributed by atoms with E-state index in [1.54, 1.807) is 0 Å². The van der Waals surface area contributed by atoms with Gasteiger partial charge in [-0.1, -0.05) is 127 Å². The summed E-state index contributed by atoms with van der Waals surface area (Å²) in [6.07, 6.45) is 0. The minimum atomic E-state index is 0.512. The van der Waals surface area contributed by atoms with E-state index >= 15 is 0 Å². The van der Waals surface area contributed by atoms with Crippen LogP contribution in [-0.4, -0.2) is 14.5 Å². The third kappa shape index (κ3) is 5.14. The van der Waals surface area contributed by atoms with Crippen LogP contribution in [0.2, 0.25) is 0 Å². The first-order valence-electron chi connectivity index (χ1n) is 21.5. The molecule has 0 radical (unpaired) electrons. The topological polar surface area (TPSA) is 70.1 Å². The molecular weight excluding hydrogens is 787 g/mol. The van der Waals surface area contributed by atoms with Crippen molar-refractivity contribution in [3.05, 3.63) is 200 Å². The number of hydrogen-bond acceptors (Lipinski definition) is 5. The maximum absolute atomic E-state index is 6.77. The molecule has 64 heavy (non-hydrogen) atoms. The molecule has 0 atom stereocenters. The van der Waals surface area contributed by atoms with Gasteiger partial charge in [-0.3, -0.25) is 0 Å². The fraction of sp³-hybridized carbons (Fsp3) is 0. The first-order chi connectivity index (χ1) is 31.7. The summed E-state index contributed by atoms with van der Waals surface area (Å²) in [5, 5.41) is 8.17. The van der Waals surface area contributed by atoms with Gasteiger partial charge in [-0.05, 0) is 95.1 Å². The zero-order valence-electron chi connectivity index (χ0n) is 34.1. The van der Waals surface area contributed by atoms with Crippen molar-refractivity contribution in [3.8, 4) is 50.6 Å². The van der Waals surface area contributed by atoms with Gasteiger partial charge in [0.2, 0.25) is 5.71 Å². The van der Waals surface area contributed by atoms with Crippen molar-refractivity contribution in [3.63, 3.8) is 0 Å². The first-order valence-corrected chi connectivity index (χ1v) is 21.5. The highest BCUT2D eigenvalue weighted by atomic mass is 16.3. The van der Waals surface area contributed by atoms with E-state index in [-0.39, 0.29) is 0 Å². The van der Waals surface area contributed by atoms with Crippen LogP contribution in [0.5, 0.6) is 0 Å². The van der Waals surface area contributed by atoms with Crippen LogP contribution in [0.1, 0.15) is 0 Å². The fourth-order valence-corrected chi connectivity index (χ4v) is 9.97. The Balaban J connectivity index is 0.993. The van der Waals surface area contributed by atoms with Gasteiger partial charge in [-0.25, -0.2) is 4.98 Å². The van der Waals surface area contributed by atoms with E-state index in [4.69, 9.17) is 23.2 Å². The molecule has 0 fully saturated rings. The lowest BCUT2D eigenvalue weighted by Gasteiger charge is -2.09. The van der Waals surface area contributed by atoms with E-state index in [0.717, 1.165) is 111 Å². The SMILES string of the molecule is c1ccc(-c2ccc3c(c2)oc2nc(-c4cccc5oc6ccc(-c7ccc8c(c7)c7ccccc7n8-c7ccccc7)cc6c45)nc(-c4cccc5oc6ccccc6c45)c23)cc1. The monoisotopic (exact) mass is 819 g/mol. The van der Waals surface area contributed by atoms with Gasteiger partial charge in [0.05, 0.1) is 22.1 Å². The number of rotatable bonds is 5. The van der Waals surface area contributed by atoms with Gasteiger partial charge in [0.25, 0.3) is 0 Å². The smallest absolute Gasteiger partial charge is 0.231 e. The quantitative estimate of drug-likeness (QED) is 0.173. The molecule has 6 heteroatoms. The summed E-state index contributed by atoms with van der Waals surface area (Å²) in [5.74, 6) is 0.545. The zero-order chi connectivity index (χ0) is 41.9. The molecule has 0 saturated carbocycles. The summed E-state index contributed by atoms with van der Waals surface area (Å²) in [5.41, 5.74) is 14.9. The second kappa shape index (κ2) is 13.4. The van der Waals surface area contributed by atoms with E-state index in [9.17, 15) is 0 Å². The molecule has 0 aliphatic carbocycles. The van der Waals surface area contributed by atoms with E-state index in [1.165, 1.54) is 16.3 Å². The summed E-state index contributed by atoms with van der Waals surface area (Å²) in [7, 11) is 0. The third-order valence-electron chi connectivity index (χ3n) is 12.9. The summed E-state index contributed by atoms with van der Waals surface area (Å²) < 4.78 is 22.1. The van der Waals surface area contributed by atoms with Gasteiger partial charge in [0.1, 0.15) is 27.9 Å². The predicted octanol–water partition coefficient (Wildman–Crippen LogP) is 15.9. The average Bonchev–Trinajstić information content (AvgIpc) is 4.12. The van der Waals surface area contributed by atoms with Crippen molar-refractivity contribution >= 4 is 87.8 Å². The Morgan fingerprint density at radius 1 is 0.328 bits per heavy atom. The van der Waals surface area contributed by atoms with Crippen molar-refractivity contribution < 1.29 is 13.3 Å². The van der Waals surface area contributed by atoms with Crippen molar-refractivity contribution in [2.24, 2.45) is 0 Å². The van der Waals surface area contributed by atoms with E-state index in [1.807, 2.05) is 48.5 Å². The highest BCUT2D eigenvalue weighted by molar-refractivity contribution is 6.19. The molecule has 6 nitrogen and oxygen atoms in total. The van der Waals surface area contributed by atoms with Crippen LogP contribution in [0.15, 0.2) is 213 Å². The molecule has 9 aromatic carbocycles. The highest BCUT2D eigenvalue weighted by Gasteiger charge is 2.24. The molecular formula is C58H33N3O3. The Labute approximate surface area is 364 Å². The van der Waals surface area contributed by atoms with Crippen LogP contribution in [0, 0.1) is 0 Å². The molecule has 0 unspecified atom stereocenters. The second-order valence-corrected chi connectivity index (χ2v) is 16.4. The Morgan fingerprint density at radius 2 is 0.922 bits per heavy atom. The van der Waals surface area contributed by atoms with Crippen LogP contribution < -0.4 is 0 Å². The largest absolute Gasteiger partial charge is 0.456 e. The maximum atomic E-state index is 6.77. The molecule has 0 N–H and O–H groups in total. The highest BCUT2D eigenvalue weighted by Crippen LogP contribution is 2.45. The number of nitrogens with zero attached hydrogens (tertiary/aromatic N) is 3. The van der Waals surface area contributed by atoms with Gasteiger partial charge < -0.3 is 17.8 Å². The first kappa shape index (κ1) is 34.9. The third-order valence-corrected chi connectivity index (χ3v) is 12.9. The number of furan rings is 3. The summed E-state index contributed by atoms with van der Waals surface area (Å²) in [6.45, 7) is 0. The Hall–Kier alpha value is -8.74. The van der Waals surface area contributed by atoms with Gasteiger partial charge in [0.15, 0.2) is 5.82 Å². The number of para-hydroxylation sites is 3. The van der Waals surface area contributed by atoms with Crippen LogP contribution in [0.25, 0.3) is 138 Å². The standard InChI is InChI=1S/C58H33N3O3/c1-3-13-34(14-4-1)37-25-28-41-52(33-37)64-58-55(41)56(42-19-11-23-50-53(42)40-18-8-10-22-48(40)62-50)59-57(60-58)43-20-12-24-51-54(43)45-32-36(27-30-49(45)63-51)35-26-29-47-44(31-35)39-17-7-9-21-46(39)61(47)38-15-5-2-6-16-38/h1-33H. The van der Waals surface area contributed by atoms with E-state index in [2.05, 4.69) is 156 Å². The molecule has 5 heterocycles. The number of aromatic nitrogens is 3. The predicted molar refractivity (Wildman–Crippen MR) is 260 cm³/mol. The Bertz CT molecular complexity index is 4190. The zero-order valence-corrected chi connectivity index (χ0v) is 34.1. The fourth-order valence-electron chi connectivity index (χ4n) is 9.97. The van der Waals surface area contributed by atoms with Crippen LogP contribution in [-0.2, 0) is 0 Å². The van der Waals surface area contributed by atoms with Crippen molar-refractivity contribution in [2.45, 2.75) is 0 Å². The van der Waals surface area contributed by atoms with Crippen molar-refractivity contribution in [1.82, 2.24) is 14.5 Å². The number of benzene rings is 9. The molecule has 0 spiro atoms. The molecule has 0 aliphatic heterocycles. The molecule has 0 saturated heterocycles. The minimum Gasteiger partial charge on any atom is -0.456 e. The summed E-state index contributed by atoms with van der Waals surface area (Å²) in [6, 6.07) is 69.7. The van der Waals surface area contributed by atoms with Gasteiger partial charge >= 0.3 is 0 Å². The molecule has 0 aliphatic rings. The second-order valence-electron chi connectivity index (χ2n) is 16.4. The Morgan fingerprint density at radius 3 is 1.75 bits per heavy atom. The maximum Gasteiger partial charge on any atom is 0.231 e. The lowest BCUT2D eigenvalue weighted by atomic mass is 9.98. The molecule has 14 rings (SSSR count). The lowest BCUT2D eigenvalue weighted by Crippen LogP contribution is -1.95. The number of fused-ring (bicyclic) bond motifs is 12. The van der Waals surface area contributed by atoms with Gasteiger partial charge in [0, 0.05) is 54.5 Å². The molecule has 0 amide bonds. The number of hydrogen-bond donors (Lipinski definition) is 0. The van der Waals surface area contributed by atoms with Crippen LogP contribution in [0.4, 0.5) is 0 Å². The van der Waals surface area contributed by atoms with Crippen molar-refractivity contribution in [1.29, 1.82) is 0 Å². The van der Waals surface area contributed by atoms with E-state index < -0.39 is 0 Å². The van der Waals surface area contributed by atoms with Crippen molar-refractivity contribution in [2.75, 3.05) is 0 Å². The minimum absolute atomic E-state index is 0.512. The summed E-state index contributed by atoms with van der Waals surface area (Å²) in [4.78, 5) is 10.8.